The fourth-order valence-corrected chi connectivity index (χ4v) is 3.37. The van der Waals surface area contributed by atoms with Crippen molar-refractivity contribution in [3.05, 3.63) is 77.5 Å². The molecule has 6 heteroatoms. The van der Waals surface area contributed by atoms with Crippen LogP contribution in [0.25, 0.3) is 10.9 Å². The fraction of sp³-hybridized carbons (Fsp3) is 0.211. The van der Waals surface area contributed by atoms with E-state index in [-0.39, 0.29) is 0 Å². The van der Waals surface area contributed by atoms with E-state index in [4.69, 9.17) is 18.6 Å². The van der Waals surface area contributed by atoms with Crippen LogP contribution in [0, 0.1) is 10.2 Å². The zero-order valence-corrected chi connectivity index (χ0v) is 14.3. The van der Waals surface area contributed by atoms with E-state index in [0.717, 1.165) is 6.54 Å². The molecule has 0 saturated heterocycles. The summed E-state index contributed by atoms with van der Waals surface area (Å²) in [5.74, 6) is 0. The monoisotopic (exact) mass is 359 g/mol. The Morgan fingerprint density at radius 1 is 0.840 bits per heavy atom. The minimum absolute atomic E-state index is 0.953. The molecule has 0 bridgehead atoms. The van der Waals surface area contributed by atoms with E-state index < -0.39 is 10.2 Å². The molecule has 130 valence electrons. The van der Waals surface area contributed by atoms with Crippen LogP contribution in [0.15, 0.2) is 60.8 Å². The van der Waals surface area contributed by atoms with Crippen LogP contribution >= 0.6 is 0 Å². The summed E-state index contributed by atoms with van der Waals surface area (Å²) in [5.41, 5.74) is 5.84. The number of hydrogen-bond acceptors (Lipinski definition) is 4. The van der Waals surface area contributed by atoms with Gasteiger partial charge >= 0.3 is 0 Å². The molecule has 4 rings (SSSR count). The van der Waals surface area contributed by atoms with Gasteiger partial charge < -0.3 is 0 Å². The highest BCUT2D eigenvalue weighted by Crippen LogP contribution is 2.27. The number of para-hydroxylation sites is 1. The number of fused-ring (bicyclic) bond motifs is 3. The average Bonchev–Trinajstić information content (AvgIpc) is 3.03. The van der Waals surface area contributed by atoms with Gasteiger partial charge in [0.2, 0.25) is 5.52 Å². The van der Waals surface area contributed by atoms with E-state index in [1.54, 1.807) is 11.1 Å². The third-order valence-corrected chi connectivity index (χ3v) is 4.31. The second-order valence-electron chi connectivity index (χ2n) is 6.00. The topological polar surface area (TPSA) is 96.1 Å². The Kier molecular flexibility index (Phi) is 5.32. The lowest BCUT2D eigenvalue weighted by Gasteiger charge is -2.17. The summed E-state index contributed by atoms with van der Waals surface area (Å²) in [6.45, 7) is 0.953. The highest BCUT2D eigenvalue weighted by atomic mass is 35.7. The molecule has 1 heterocycles. The molecule has 0 N–H and O–H groups in total. The Morgan fingerprint density at radius 2 is 1.48 bits per heavy atom. The molecule has 1 aromatic heterocycles. The van der Waals surface area contributed by atoms with Crippen molar-refractivity contribution in [1.82, 2.24) is 0 Å². The second-order valence-corrected chi connectivity index (χ2v) is 6.75. The molecule has 1 aliphatic rings. The summed E-state index contributed by atoms with van der Waals surface area (Å²) in [6.07, 6.45) is 6.14. The molecule has 0 saturated carbocycles. The van der Waals surface area contributed by atoms with Crippen LogP contribution in [0.3, 0.4) is 0 Å². The summed E-state index contributed by atoms with van der Waals surface area (Å²) in [4.78, 5) is 0. The molecule has 5 nitrogen and oxygen atoms in total. The van der Waals surface area contributed by atoms with E-state index in [2.05, 4.69) is 65.4 Å². The van der Waals surface area contributed by atoms with Crippen molar-refractivity contribution in [3.8, 4) is 0 Å². The molecule has 25 heavy (non-hydrogen) atoms. The van der Waals surface area contributed by atoms with Gasteiger partial charge in [-0.05, 0) is 30.9 Å². The predicted octanol–water partition coefficient (Wildman–Crippen LogP) is -1.09. The van der Waals surface area contributed by atoms with Crippen molar-refractivity contribution in [3.63, 3.8) is 0 Å². The zero-order valence-electron chi connectivity index (χ0n) is 13.6. The van der Waals surface area contributed by atoms with Gasteiger partial charge in [0, 0.05) is 22.6 Å². The minimum atomic E-state index is -4.94. The number of pyridine rings is 1. The maximum atomic E-state index is 8.49. The first-order valence-corrected chi connectivity index (χ1v) is 9.24. The molecular weight excluding hydrogens is 342 g/mol. The number of hydrogen-bond donors (Lipinski definition) is 0. The Bertz CT molecular complexity index is 856. The Morgan fingerprint density at radius 3 is 2.20 bits per heavy atom. The largest absolute Gasteiger partial charge is 0.222 e. The Labute approximate surface area is 148 Å². The van der Waals surface area contributed by atoms with Crippen molar-refractivity contribution in [2.75, 3.05) is 0 Å². The Hall–Kier alpha value is -2.02. The third-order valence-electron chi connectivity index (χ3n) is 4.31. The lowest BCUT2D eigenvalue weighted by molar-refractivity contribution is -2.00. The summed E-state index contributed by atoms with van der Waals surface area (Å²) in [6, 6.07) is 19.5. The van der Waals surface area contributed by atoms with Crippen LogP contribution in [-0.2, 0) is 19.4 Å². The summed E-state index contributed by atoms with van der Waals surface area (Å²) >= 11 is 0. The number of aryl methyl sites for hydroxylation is 2. The number of rotatable bonds is 2. The van der Waals surface area contributed by atoms with Crippen molar-refractivity contribution in [2.24, 2.45) is 0 Å². The van der Waals surface area contributed by atoms with Gasteiger partial charge in [-0.15, -0.1) is 10.2 Å². The first-order chi connectivity index (χ1) is 11.9. The van der Waals surface area contributed by atoms with Crippen molar-refractivity contribution in [1.29, 1.82) is 0 Å². The van der Waals surface area contributed by atoms with Gasteiger partial charge in [0.15, 0.2) is 12.7 Å². The van der Waals surface area contributed by atoms with Crippen molar-refractivity contribution in [2.45, 2.75) is 25.8 Å². The molecule has 2 aromatic carbocycles. The van der Waals surface area contributed by atoms with E-state index >= 15 is 0 Å². The molecule has 1 aliphatic carbocycles. The van der Waals surface area contributed by atoms with Gasteiger partial charge in [0.1, 0.15) is 0 Å². The van der Waals surface area contributed by atoms with Crippen LogP contribution < -0.4 is 23.2 Å². The summed E-state index contributed by atoms with van der Waals surface area (Å²) < 4.78 is 36.4. The first kappa shape index (κ1) is 17.8. The SMILES string of the molecule is [O-][Cl+3]([O-])([O-])[O-].c1ccc(C[n+]2cc3c(c4ccccc42)CCC3)cc1. The first-order valence-electron chi connectivity index (χ1n) is 8.00. The number of halogens is 1. The van der Waals surface area contributed by atoms with Crippen molar-refractivity contribution < 1.29 is 33.4 Å². The summed E-state index contributed by atoms with van der Waals surface area (Å²) in [7, 11) is -4.94. The average molecular weight is 360 g/mol. The van der Waals surface area contributed by atoms with Gasteiger partial charge in [-0.25, -0.2) is 18.6 Å². The molecular formula is C19H18ClNO4. The number of aromatic nitrogens is 1. The lowest BCUT2D eigenvalue weighted by atomic mass is 10.1. The lowest BCUT2D eigenvalue weighted by Crippen LogP contribution is -2.68. The van der Waals surface area contributed by atoms with E-state index in [0.29, 0.717) is 0 Å². The van der Waals surface area contributed by atoms with Gasteiger partial charge in [-0.1, -0.05) is 42.5 Å². The fourth-order valence-electron chi connectivity index (χ4n) is 3.37. The smallest absolute Gasteiger partial charge is 0.213 e. The van der Waals surface area contributed by atoms with E-state index in [9.17, 15) is 0 Å². The number of benzene rings is 2. The minimum Gasteiger partial charge on any atom is -0.222 e. The van der Waals surface area contributed by atoms with Gasteiger partial charge in [0.05, 0.1) is 0 Å². The molecule has 0 aliphatic heterocycles. The quantitative estimate of drug-likeness (QED) is 0.543. The van der Waals surface area contributed by atoms with Gasteiger partial charge in [0.25, 0.3) is 0 Å². The van der Waals surface area contributed by atoms with Crippen LogP contribution in [0.2, 0.25) is 0 Å². The third kappa shape index (κ3) is 4.75. The van der Waals surface area contributed by atoms with Crippen LogP contribution in [-0.4, -0.2) is 0 Å². The molecule has 0 atom stereocenters. The van der Waals surface area contributed by atoms with Crippen molar-refractivity contribution >= 4 is 10.9 Å². The Balaban J connectivity index is 0.000000324. The molecule has 0 amide bonds. The number of nitrogens with zero attached hydrogens (tertiary/aromatic N) is 1. The standard InChI is InChI=1S/C19H18N.ClHO4/c1-2-7-15(8-3-1)13-20-14-16-9-6-11-17(16)18-10-4-5-12-19(18)20;2-1(3,4)5/h1-5,7-8,10,12,14H,6,9,11,13H2;(H,2,3,4,5)/q+1;/p-1. The van der Waals surface area contributed by atoms with Gasteiger partial charge in [-0.3, -0.25) is 0 Å². The van der Waals surface area contributed by atoms with Crippen LogP contribution in [0.1, 0.15) is 23.1 Å². The van der Waals surface area contributed by atoms with Gasteiger partial charge in [-0.2, -0.15) is 4.57 Å². The molecule has 0 spiro atoms. The predicted molar refractivity (Wildman–Crippen MR) is 81.7 cm³/mol. The van der Waals surface area contributed by atoms with Crippen LogP contribution in [0.5, 0.6) is 0 Å². The summed E-state index contributed by atoms with van der Waals surface area (Å²) in [5, 5.41) is 1.44. The van der Waals surface area contributed by atoms with E-state index in [1.165, 1.54) is 35.7 Å². The molecule has 0 radical (unpaired) electrons. The molecule has 0 fully saturated rings. The zero-order chi connectivity index (χ0) is 17.9. The molecule has 0 unspecified atom stereocenters. The van der Waals surface area contributed by atoms with Crippen LogP contribution in [0.4, 0.5) is 0 Å². The maximum Gasteiger partial charge on any atom is 0.213 e. The highest BCUT2D eigenvalue weighted by Gasteiger charge is 2.21. The second kappa shape index (κ2) is 7.47. The highest BCUT2D eigenvalue weighted by molar-refractivity contribution is 5.80. The normalized spacial score (nSPS) is 13.3. The van der Waals surface area contributed by atoms with E-state index in [1.807, 2.05) is 0 Å². The maximum absolute atomic E-state index is 8.49. The molecule has 3 aromatic rings.